The molecule has 0 spiro atoms. The van der Waals surface area contributed by atoms with Gasteiger partial charge in [0.25, 0.3) is 5.91 Å². The van der Waals surface area contributed by atoms with Crippen LogP contribution in [0.2, 0.25) is 0 Å². The van der Waals surface area contributed by atoms with E-state index in [-0.39, 0.29) is 11.9 Å². The number of para-hydroxylation sites is 1. The van der Waals surface area contributed by atoms with E-state index in [9.17, 15) is 4.79 Å². The van der Waals surface area contributed by atoms with E-state index in [1.807, 2.05) is 42.2 Å². The lowest BCUT2D eigenvalue weighted by atomic mass is 9.91. The van der Waals surface area contributed by atoms with E-state index in [0.717, 1.165) is 31.7 Å². The number of likely N-dealkylation sites (tertiary alicyclic amines) is 1. The molecule has 2 aromatic rings. The third-order valence-electron chi connectivity index (χ3n) is 4.50. The lowest BCUT2D eigenvalue weighted by Gasteiger charge is -2.33. The number of piperidine rings is 1. The molecule has 1 amide bonds. The van der Waals surface area contributed by atoms with E-state index >= 15 is 0 Å². The molecule has 3 rings (SSSR count). The molecular weight excluding hydrogens is 302 g/mol. The smallest absolute Gasteiger partial charge is 0.272 e. The zero-order valence-corrected chi connectivity index (χ0v) is 13.9. The minimum absolute atomic E-state index is 0.0448. The van der Waals surface area contributed by atoms with E-state index < -0.39 is 0 Å². The van der Waals surface area contributed by atoms with Crippen molar-refractivity contribution in [1.82, 2.24) is 9.88 Å². The van der Waals surface area contributed by atoms with Gasteiger partial charge >= 0.3 is 0 Å². The van der Waals surface area contributed by atoms with Crippen LogP contribution in [0.3, 0.4) is 0 Å². The lowest BCUT2D eigenvalue weighted by Crippen LogP contribution is -2.42. The molecule has 1 aliphatic rings. The van der Waals surface area contributed by atoms with Gasteiger partial charge in [-0.3, -0.25) is 9.78 Å². The van der Waals surface area contributed by atoms with Gasteiger partial charge in [0.05, 0.1) is 0 Å². The zero-order valence-electron chi connectivity index (χ0n) is 13.9. The van der Waals surface area contributed by atoms with Crippen LogP contribution in [0.5, 0.6) is 11.5 Å². The largest absolute Gasteiger partial charge is 0.457 e. The second kappa shape index (κ2) is 7.45. The molecule has 1 saturated heterocycles. The van der Waals surface area contributed by atoms with Gasteiger partial charge in [0.15, 0.2) is 0 Å². The van der Waals surface area contributed by atoms with E-state index in [0.29, 0.717) is 17.4 Å². The Bertz CT molecular complexity index is 680. The third-order valence-corrected chi connectivity index (χ3v) is 4.50. The van der Waals surface area contributed by atoms with Crippen molar-refractivity contribution >= 4 is 5.91 Å². The van der Waals surface area contributed by atoms with Gasteiger partial charge in [-0.2, -0.15) is 0 Å². The van der Waals surface area contributed by atoms with Gasteiger partial charge < -0.3 is 15.4 Å². The van der Waals surface area contributed by atoms with Gasteiger partial charge in [-0.25, -0.2) is 0 Å². The van der Waals surface area contributed by atoms with Gasteiger partial charge in [-0.15, -0.1) is 0 Å². The van der Waals surface area contributed by atoms with Crippen molar-refractivity contribution < 1.29 is 9.53 Å². The molecule has 1 fully saturated rings. The Morgan fingerprint density at radius 3 is 2.58 bits per heavy atom. The maximum absolute atomic E-state index is 12.7. The zero-order chi connectivity index (χ0) is 16.9. The molecule has 1 aliphatic heterocycles. The van der Waals surface area contributed by atoms with Crippen molar-refractivity contribution in [3.05, 3.63) is 54.4 Å². The maximum Gasteiger partial charge on any atom is 0.272 e. The Balaban J connectivity index is 1.66. The minimum Gasteiger partial charge on any atom is -0.457 e. The second-order valence-electron chi connectivity index (χ2n) is 6.28. The summed E-state index contributed by atoms with van der Waals surface area (Å²) in [7, 11) is 0. The number of hydrogen-bond acceptors (Lipinski definition) is 4. The van der Waals surface area contributed by atoms with Crippen molar-refractivity contribution in [1.29, 1.82) is 0 Å². The Morgan fingerprint density at radius 1 is 1.21 bits per heavy atom. The van der Waals surface area contributed by atoms with Crippen LogP contribution in [0, 0.1) is 5.92 Å². The van der Waals surface area contributed by atoms with Crippen molar-refractivity contribution in [2.45, 2.75) is 25.8 Å². The summed E-state index contributed by atoms with van der Waals surface area (Å²) in [4.78, 5) is 18.7. The number of hydrogen-bond donors (Lipinski definition) is 1. The fourth-order valence-electron chi connectivity index (χ4n) is 3.01. The number of carbonyl (C=O) groups excluding carboxylic acids is 1. The summed E-state index contributed by atoms with van der Waals surface area (Å²) in [6.45, 7) is 3.50. The molecule has 2 heterocycles. The average molecular weight is 325 g/mol. The molecule has 0 saturated carbocycles. The number of aromatic nitrogens is 1. The summed E-state index contributed by atoms with van der Waals surface area (Å²) in [6.07, 6.45) is 3.51. The van der Waals surface area contributed by atoms with Crippen LogP contribution in [-0.4, -0.2) is 34.9 Å². The van der Waals surface area contributed by atoms with Gasteiger partial charge in [0.1, 0.15) is 17.2 Å². The quantitative estimate of drug-likeness (QED) is 0.938. The number of carbonyl (C=O) groups is 1. The Hall–Kier alpha value is -2.40. The number of pyridine rings is 1. The van der Waals surface area contributed by atoms with Crippen LogP contribution in [0.1, 0.15) is 30.3 Å². The highest BCUT2D eigenvalue weighted by atomic mass is 16.5. The molecule has 0 radical (unpaired) electrons. The highest BCUT2D eigenvalue weighted by molar-refractivity contribution is 5.92. The molecule has 5 nitrogen and oxygen atoms in total. The first-order chi connectivity index (χ1) is 11.6. The topological polar surface area (TPSA) is 68.5 Å². The van der Waals surface area contributed by atoms with E-state index in [2.05, 4.69) is 4.98 Å². The number of rotatable bonds is 4. The first-order valence-electron chi connectivity index (χ1n) is 8.37. The summed E-state index contributed by atoms with van der Waals surface area (Å²) in [5.41, 5.74) is 6.38. The molecule has 1 atom stereocenters. The molecule has 5 heteroatoms. The molecular formula is C19H23N3O2. The van der Waals surface area contributed by atoms with Crippen LogP contribution in [0.25, 0.3) is 0 Å². The van der Waals surface area contributed by atoms with E-state index in [1.165, 1.54) is 0 Å². The summed E-state index contributed by atoms with van der Waals surface area (Å²) in [5.74, 6) is 1.80. The van der Waals surface area contributed by atoms with Crippen LogP contribution in [0.15, 0.2) is 48.7 Å². The second-order valence-corrected chi connectivity index (χ2v) is 6.28. The first kappa shape index (κ1) is 16.5. The molecule has 24 heavy (non-hydrogen) atoms. The number of amides is 1. The average Bonchev–Trinajstić information content (AvgIpc) is 2.62. The molecule has 1 aromatic carbocycles. The molecule has 1 unspecified atom stereocenters. The number of benzene rings is 1. The summed E-state index contributed by atoms with van der Waals surface area (Å²) in [5, 5.41) is 0. The van der Waals surface area contributed by atoms with Crippen molar-refractivity contribution in [3.8, 4) is 11.5 Å². The predicted molar refractivity (Wildman–Crippen MR) is 93.0 cm³/mol. The third kappa shape index (κ3) is 3.92. The van der Waals surface area contributed by atoms with E-state index in [1.54, 1.807) is 18.3 Å². The monoisotopic (exact) mass is 325 g/mol. The van der Waals surface area contributed by atoms with Gasteiger partial charge in [-0.05, 0) is 43.9 Å². The highest BCUT2D eigenvalue weighted by Gasteiger charge is 2.26. The Morgan fingerprint density at radius 2 is 1.92 bits per heavy atom. The molecule has 0 aliphatic carbocycles. The molecule has 0 bridgehead atoms. The number of nitrogens with two attached hydrogens (primary N) is 1. The van der Waals surface area contributed by atoms with Crippen LogP contribution < -0.4 is 10.5 Å². The minimum atomic E-state index is -0.0448. The molecule has 1 aromatic heterocycles. The van der Waals surface area contributed by atoms with Crippen LogP contribution in [0.4, 0.5) is 0 Å². The number of nitrogens with zero attached hydrogens (tertiary/aromatic N) is 2. The standard InChI is InChI=1S/C19H23N3O2/c1-14(20)15-8-11-22(12-9-15)19(23)18-13-17(7-10-21-18)24-16-5-3-2-4-6-16/h2-7,10,13-15H,8-9,11-12,20H2,1H3. The fraction of sp³-hybridized carbons (Fsp3) is 0.368. The van der Waals surface area contributed by atoms with Crippen LogP contribution in [-0.2, 0) is 0 Å². The highest BCUT2D eigenvalue weighted by Crippen LogP contribution is 2.23. The van der Waals surface area contributed by atoms with Crippen molar-refractivity contribution in [2.75, 3.05) is 13.1 Å². The first-order valence-corrected chi connectivity index (χ1v) is 8.37. The van der Waals surface area contributed by atoms with Crippen LogP contribution >= 0.6 is 0 Å². The van der Waals surface area contributed by atoms with Gasteiger partial charge in [-0.1, -0.05) is 18.2 Å². The predicted octanol–water partition coefficient (Wildman–Crippen LogP) is 3.07. The normalized spacial score (nSPS) is 16.7. The van der Waals surface area contributed by atoms with Crippen molar-refractivity contribution in [3.63, 3.8) is 0 Å². The van der Waals surface area contributed by atoms with Gasteiger partial charge in [0.2, 0.25) is 0 Å². The number of ether oxygens (including phenoxy) is 1. The Labute approximate surface area is 142 Å². The molecule has 126 valence electrons. The Kier molecular flexibility index (Phi) is 5.11. The fourth-order valence-corrected chi connectivity index (χ4v) is 3.01. The maximum atomic E-state index is 12.7. The molecule has 2 N–H and O–H groups in total. The van der Waals surface area contributed by atoms with Crippen molar-refractivity contribution in [2.24, 2.45) is 11.7 Å². The summed E-state index contributed by atoms with van der Waals surface area (Å²) < 4.78 is 5.78. The van der Waals surface area contributed by atoms with E-state index in [4.69, 9.17) is 10.5 Å². The summed E-state index contributed by atoms with van der Waals surface area (Å²) in [6, 6.07) is 13.1. The SMILES string of the molecule is CC(N)C1CCN(C(=O)c2cc(Oc3ccccc3)ccn2)CC1. The lowest BCUT2D eigenvalue weighted by molar-refractivity contribution is 0.0674. The van der Waals surface area contributed by atoms with Gasteiger partial charge in [0, 0.05) is 31.4 Å². The summed E-state index contributed by atoms with van der Waals surface area (Å²) >= 11 is 0.